The monoisotopic (exact) mass is 153 g/mol. The number of rotatable bonds is 3. The van der Waals surface area contributed by atoms with E-state index in [-0.39, 0.29) is 19.2 Å². The van der Waals surface area contributed by atoms with E-state index in [1.807, 2.05) is 0 Å². The first-order valence-corrected chi connectivity index (χ1v) is 3.34. The Morgan fingerprint density at radius 3 is 2.64 bits per heavy atom. The maximum Gasteiger partial charge on any atom is 0.313 e. The van der Waals surface area contributed by atoms with Crippen LogP contribution in [0.4, 0.5) is 0 Å². The highest BCUT2D eigenvalue weighted by Crippen LogP contribution is 2.23. The standard InChI is InChI=1S/C8H9O3/c9-5-6-11-8(10)7-3-1-2-4-7/h1-4,9H,5-6H2. The van der Waals surface area contributed by atoms with Gasteiger partial charge in [-0.25, -0.2) is 0 Å². The van der Waals surface area contributed by atoms with E-state index in [0.717, 1.165) is 0 Å². The molecule has 1 saturated carbocycles. The molecule has 0 atom stereocenters. The molecule has 1 rings (SSSR count). The first-order chi connectivity index (χ1) is 5.34. The topological polar surface area (TPSA) is 46.5 Å². The number of hydrogen-bond acceptors (Lipinski definition) is 3. The van der Waals surface area contributed by atoms with Gasteiger partial charge < -0.3 is 9.84 Å². The fourth-order valence-electron chi connectivity index (χ4n) is 0.732. The van der Waals surface area contributed by atoms with Crippen molar-refractivity contribution in [2.75, 3.05) is 13.2 Å². The minimum Gasteiger partial charge on any atom is -0.463 e. The average Bonchev–Trinajstić information content (AvgIpc) is 2.52. The predicted octanol–water partition coefficient (Wildman–Crippen LogP) is -0.0728. The van der Waals surface area contributed by atoms with E-state index in [9.17, 15) is 4.79 Å². The molecule has 0 aromatic heterocycles. The van der Waals surface area contributed by atoms with Crippen molar-refractivity contribution in [3.63, 3.8) is 0 Å². The van der Waals surface area contributed by atoms with Gasteiger partial charge >= 0.3 is 5.97 Å². The summed E-state index contributed by atoms with van der Waals surface area (Å²) < 4.78 is 4.65. The van der Waals surface area contributed by atoms with E-state index in [1.54, 1.807) is 25.7 Å². The van der Waals surface area contributed by atoms with Crippen molar-refractivity contribution in [2.45, 2.75) is 0 Å². The fourth-order valence-corrected chi connectivity index (χ4v) is 0.732. The molecule has 0 unspecified atom stereocenters. The van der Waals surface area contributed by atoms with Crippen LogP contribution in [0.2, 0.25) is 0 Å². The fraction of sp³-hybridized carbons (Fsp3) is 0.250. The minimum atomic E-state index is -0.385. The molecule has 0 amide bonds. The molecule has 0 heterocycles. The van der Waals surface area contributed by atoms with Crippen molar-refractivity contribution in [2.24, 2.45) is 0 Å². The molecule has 11 heavy (non-hydrogen) atoms. The predicted molar refractivity (Wildman–Crippen MR) is 38.5 cm³/mol. The molecule has 1 aliphatic carbocycles. The van der Waals surface area contributed by atoms with Gasteiger partial charge in [0.25, 0.3) is 0 Å². The Kier molecular flexibility index (Phi) is 3.36. The summed E-state index contributed by atoms with van der Waals surface area (Å²) in [6.07, 6.45) is 6.85. The Morgan fingerprint density at radius 1 is 1.45 bits per heavy atom. The molecule has 0 bridgehead atoms. The third-order valence-electron chi connectivity index (χ3n) is 1.22. The van der Waals surface area contributed by atoms with Gasteiger partial charge in [0.05, 0.1) is 12.5 Å². The number of ether oxygens (including phenoxy) is 1. The lowest BCUT2D eigenvalue weighted by Gasteiger charge is -2.06. The molecule has 0 aromatic carbocycles. The Hall–Kier alpha value is -0.570. The number of esters is 1. The molecule has 1 fully saturated rings. The lowest BCUT2D eigenvalue weighted by Crippen LogP contribution is -2.15. The minimum absolute atomic E-state index is 0.0595. The summed E-state index contributed by atoms with van der Waals surface area (Å²) in [4.78, 5) is 10.9. The van der Waals surface area contributed by atoms with E-state index in [1.165, 1.54) is 0 Å². The van der Waals surface area contributed by atoms with Crippen molar-refractivity contribution in [1.82, 2.24) is 0 Å². The second-order valence-corrected chi connectivity index (χ2v) is 2.03. The van der Waals surface area contributed by atoms with Gasteiger partial charge in [-0.15, -0.1) is 0 Å². The van der Waals surface area contributed by atoms with Crippen LogP contribution in [0, 0.1) is 31.6 Å². The van der Waals surface area contributed by atoms with Gasteiger partial charge in [-0.3, -0.25) is 4.79 Å². The smallest absolute Gasteiger partial charge is 0.313 e. The molecular formula is C8H9O3. The van der Waals surface area contributed by atoms with Gasteiger partial charge in [0.2, 0.25) is 0 Å². The molecule has 3 heteroatoms. The Bertz CT molecular complexity index is 127. The molecule has 0 spiro atoms. The molecular weight excluding hydrogens is 144 g/mol. The van der Waals surface area contributed by atoms with E-state index >= 15 is 0 Å². The zero-order valence-electron chi connectivity index (χ0n) is 5.99. The molecule has 59 valence electrons. The first kappa shape index (κ1) is 8.53. The maximum atomic E-state index is 10.9. The third-order valence-corrected chi connectivity index (χ3v) is 1.22. The molecule has 5 radical (unpaired) electrons. The second-order valence-electron chi connectivity index (χ2n) is 2.03. The zero-order chi connectivity index (χ0) is 8.10. The van der Waals surface area contributed by atoms with Gasteiger partial charge in [-0.2, -0.15) is 0 Å². The van der Waals surface area contributed by atoms with Crippen LogP contribution < -0.4 is 0 Å². The highest BCUT2D eigenvalue weighted by molar-refractivity contribution is 5.91. The van der Waals surface area contributed by atoms with Crippen LogP contribution in [0.15, 0.2) is 0 Å². The third kappa shape index (κ3) is 2.50. The van der Waals surface area contributed by atoms with E-state index in [4.69, 9.17) is 5.11 Å². The number of aliphatic hydroxyl groups excluding tert-OH is 1. The number of carbonyl (C=O) groups is 1. The number of aliphatic hydroxyl groups is 1. The van der Waals surface area contributed by atoms with Crippen LogP contribution >= 0.6 is 0 Å². The van der Waals surface area contributed by atoms with Gasteiger partial charge in [0.1, 0.15) is 6.61 Å². The second kappa shape index (κ2) is 4.34. The van der Waals surface area contributed by atoms with Crippen molar-refractivity contribution in [3.8, 4) is 0 Å². The lowest BCUT2D eigenvalue weighted by atomic mass is 10.1. The molecule has 1 N–H and O–H groups in total. The largest absolute Gasteiger partial charge is 0.463 e. The summed E-state index contributed by atoms with van der Waals surface area (Å²) >= 11 is 0. The van der Waals surface area contributed by atoms with Crippen molar-refractivity contribution < 1.29 is 14.6 Å². The summed E-state index contributed by atoms with van der Waals surface area (Å²) in [6, 6.07) is 0. The number of hydrogen-bond donors (Lipinski definition) is 1. The van der Waals surface area contributed by atoms with Crippen LogP contribution in [0.3, 0.4) is 0 Å². The van der Waals surface area contributed by atoms with Crippen molar-refractivity contribution in [1.29, 1.82) is 0 Å². The summed E-state index contributed by atoms with van der Waals surface area (Å²) in [6.45, 7) is -0.0730. The van der Waals surface area contributed by atoms with Gasteiger partial charge in [-0.1, -0.05) is 0 Å². The molecule has 3 nitrogen and oxygen atoms in total. The Balaban J connectivity index is 2.17. The SMILES string of the molecule is O=C(OCCO)[C]1[CH][CH][CH][CH]1. The van der Waals surface area contributed by atoms with Gasteiger partial charge in [0.15, 0.2) is 0 Å². The lowest BCUT2D eigenvalue weighted by molar-refractivity contribution is -0.141. The van der Waals surface area contributed by atoms with Gasteiger partial charge in [-0.05, 0) is 25.7 Å². The first-order valence-electron chi connectivity index (χ1n) is 3.34. The molecule has 0 aromatic rings. The quantitative estimate of drug-likeness (QED) is 0.577. The van der Waals surface area contributed by atoms with Crippen LogP contribution in [0.1, 0.15) is 0 Å². The van der Waals surface area contributed by atoms with Crippen LogP contribution in [-0.2, 0) is 9.53 Å². The van der Waals surface area contributed by atoms with Crippen LogP contribution in [0.25, 0.3) is 0 Å². The molecule has 0 aliphatic heterocycles. The summed E-state index contributed by atoms with van der Waals surface area (Å²) in [5.41, 5.74) is 0. The van der Waals surface area contributed by atoms with E-state index in [0.29, 0.717) is 5.92 Å². The average molecular weight is 153 g/mol. The van der Waals surface area contributed by atoms with Crippen molar-refractivity contribution >= 4 is 5.97 Å². The van der Waals surface area contributed by atoms with Crippen molar-refractivity contribution in [3.05, 3.63) is 31.6 Å². The summed E-state index contributed by atoms with van der Waals surface area (Å²) in [7, 11) is 0. The Morgan fingerprint density at radius 2 is 2.09 bits per heavy atom. The summed E-state index contributed by atoms with van der Waals surface area (Å²) in [5, 5.41) is 8.34. The maximum absolute atomic E-state index is 10.9. The number of carbonyl (C=O) groups excluding carboxylic acids is 1. The van der Waals surface area contributed by atoms with Crippen LogP contribution in [-0.4, -0.2) is 24.3 Å². The van der Waals surface area contributed by atoms with Crippen LogP contribution in [0.5, 0.6) is 0 Å². The summed E-state index contributed by atoms with van der Waals surface area (Å²) in [5.74, 6) is 0.141. The van der Waals surface area contributed by atoms with Gasteiger partial charge in [0, 0.05) is 0 Å². The molecule has 1 aliphatic rings. The van der Waals surface area contributed by atoms with E-state index < -0.39 is 0 Å². The highest BCUT2D eigenvalue weighted by Gasteiger charge is 2.25. The highest BCUT2D eigenvalue weighted by atomic mass is 16.5. The van der Waals surface area contributed by atoms with E-state index in [2.05, 4.69) is 4.74 Å². The normalized spacial score (nSPS) is 18.6. The Labute approximate surface area is 66.4 Å². The zero-order valence-corrected chi connectivity index (χ0v) is 5.99. The molecule has 0 saturated heterocycles.